The Morgan fingerprint density at radius 2 is 1.77 bits per heavy atom. The Hall–Kier alpha value is -2.23. The van der Waals surface area contributed by atoms with Crippen LogP contribution in [0.4, 0.5) is 0 Å². The minimum atomic E-state index is -0.114. The van der Waals surface area contributed by atoms with E-state index in [2.05, 4.69) is 0 Å². The number of carbonyl (C=O) groups excluding carboxylic acids is 1. The van der Waals surface area contributed by atoms with Crippen molar-refractivity contribution in [2.24, 2.45) is 5.92 Å². The molecule has 3 rings (SSSR count). The van der Waals surface area contributed by atoms with Crippen LogP contribution in [0.5, 0.6) is 5.75 Å². The number of methoxy groups -OCH3 is 1. The molecule has 2 aromatic rings. The highest BCUT2D eigenvalue weighted by Gasteiger charge is 2.23. The first-order chi connectivity index (χ1) is 10.8. The van der Waals surface area contributed by atoms with E-state index in [4.69, 9.17) is 9.57 Å². The molecule has 1 fully saturated rings. The Morgan fingerprint density at radius 1 is 1.05 bits per heavy atom. The molecular formula is C18H21NO3. The number of benzene rings is 1. The maximum atomic E-state index is 12.1. The minimum absolute atomic E-state index is 0.0561. The smallest absolute Gasteiger partial charge is 0.335 e. The van der Waals surface area contributed by atoms with Gasteiger partial charge in [0.05, 0.1) is 19.2 Å². The van der Waals surface area contributed by atoms with E-state index < -0.39 is 0 Å². The second kappa shape index (κ2) is 6.69. The number of nitrogens with zero attached hydrogens (tertiary/aromatic N) is 1. The van der Waals surface area contributed by atoms with Crippen molar-refractivity contribution in [2.45, 2.75) is 32.1 Å². The Bertz CT molecular complexity index is 624. The lowest BCUT2D eigenvalue weighted by Crippen LogP contribution is -2.27. The molecule has 1 aliphatic rings. The van der Waals surface area contributed by atoms with Crippen molar-refractivity contribution in [3.63, 3.8) is 0 Å². The average Bonchev–Trinajstić information content (AvgIpc) is 3.04. The van der Waals surface area contributed by atoms with E-state index in [1.165, 1.54) is 11.2 Å². The molecule has 0 N–H and O–H groups in total. The molecule has 1 heterocycles. The summed E-state index contributed by atoms with van der Waals surface area (Å²) >= 11 is 0. The van der Waals surface area contributed by atoms with Crippen molar-refractivity contribution in [3.8, 4) is 16.9 Å². The number of hydrogen-bond acceptors (Lipinski definition) is 3. The van der Waals surface area contributed by atoms with Crippen molar-refractivity contribution in [1.29, 1.82) is 0 Å². The molecule has 1 aromatic heterocycles. The van der Waals surface area contributed by atoms with E-state index in [9.17, 15) is 4.79 Å². The topological polar surface area (TPSA) is 40.5 Å². The van der Waals surface area contributed by atoms with Crippen LogP contribution in [-0.2, 0) is 4.79 Å². The van der Waals surface area contributed by atoms with E-state index in [0.29, 0.717) is 0 Å². The number of rotatable bonds is 4. The highest BCUT2D eigenvalue weighted by Crippen LogP contribution is 2.25. The molecule has 0 amide bonds. The van der Waals surface area contributed by atoms with Gasteiger partial charge in [0.2, 0.25) is 0 Å². The molecule has 1 saturated carbocycles. The van der Waals surface area contributed by atoms with Crippen LogP contribution in [0, 0.1) is 5.92 Å². The second-order valence-electron chi connectivity index (χ2n) is 5.73. The van der Waals surface area contributed by atoms with E-state index >= 15 is 0 Å². The highest BCUT2D eigenvalue weighted by atomic mass is 16.7. The first kappa shape index (κ1) is 14.7. The van der Waals surface area contributed by atoms with Crippen LogP contribution in [-0.4, -0.2) is 17.8 Å². The van der Waals surface area contributed by atoms with Crippen molar-refractivity contribution in [2.75, 3.05) is 7.11 Å². The van der Waals surface area contributed by atoms with Gasteiger partial charge in [0.25, 0.3) is 0 Å². The zero-order valence-electron chi connectivity index (χ0n) is 12.8. The van der Waals surface area contributed by atoms with Crippen LogP contribution in [0.2, 0.25) is 0 Å². The van der Waals surface area contributed by atoms with Crippen LogP contribution < -0.4 is 9.57 Å². The molecular weight excluding hydrogens is 278 g/mol. The third kappa shape index (κ3) is 3.32. The molecule has 116 valence electrons. The molecule has 0 bridgehead atoms. The monoisotopic (exact) mass is 299 g/mol. The maximum absolute atomic E-state index is 12.1. The summed E-state index contributed by atoms with van der Waals surface area (Å²) in [5, 5.41) is 0. The summed E-state index contributed by atoms with van der Waals surface area (Å²) in [5.41, 5.74) is 2.08. The van der Waals surface area contributed by atoms with Gasteiger partial charge in [0.1, 0.15) is 5.75 Å². The Kier molecular flexibility index (Phi) is 4.47. The molecule has 1 aliphatic carbocycles. The second-order valence-corrected chi connectivity index (χ2v) is 5.73. The van der Waals surface area contributed by atoms with E-state index in [1.54, 1.807) is 13.3 Å². The van der Waals surface area contributed by atoms with Crippen molar-refractivity contribution in [3.05, 3.63) is 42.7 Å². The van der Waals surface area contributed by atoms with Gasteiger partial charge in [-0.15, -0.1) is 0 Å². The van der Waals surface area contributed by atoms with Crippen LogP contribution in [0.1, 0.15) is 32.1 Å². The van der Waals surface area contributed by atoms with Crippen LogP contribution in [0.25, 0.3) is 11.1 Å². The number of carbonyl (C=O) groups is 1. The van der Waals surface area contributed by atoms with E-state index in [-0.39, 0.29) is 11.9 Å². The predicted octanol–water partition coefficient (Wildman–Crippen LogP) is 3.70. The lowest BCUT2D eigenvalue weighted by Gasteiger charge is -2.19. The molecule has 0 atom stereocenters. The molecule has 4 nitrogen and oxygen atoms in total. The first-order valence-electron chi connectivity index (χ1n) is 7.81. The largest absolute Gasteiger partial charge is 0.497 e. The van der Waals surface area contributed by atoms with Gasteiger partial charge in [-0.05, 0) is 36.6 Å². The minimum Gasteiger partial charge on any atom is -0.497 e. The molecule has 22 heavy (non-hydrogen) atoms. The summed E-state index contributed by atoms with van der Waals surface area (Å²) in [6.45, 7) is 0. The van der Waals surface area contributed by atoms with Gasteiger partial charge in [-0.1, -0.05) is 31.4 Å². The molecule has 0 radical (unpaired) electrons. The maximum Gasteiger partial charge on any atom is 0.335 e. The van der Waals surface area contributed by atoms with E-state index in [0.717, 1.165) is 42.6 Å². The van der Waals surface area contributed by atoms with Gasteiger partial charge < -0.3 is 9.57 Å². The molecule has 0 saturated heterocycles. The van der Waals surface area contributed by atoms with Crippen LogP contribution >= 0.6 is 0 Å². The van der Waals surface area contributed by atoms with Crippen molar-refractivity contribution in [1.82, 2.24) is 4.73 Å². The summed E-state index contributed by atoms with van der Waals surface area (Å²) < 4.78 is 6.67. The first-order valence-corrected chi connectivity index (χ1v) is 7.81. The molecule has 1 aromatic carbocycles. The summed E-state index contributed by atoms with van der Waals surface area (Å²) in [6, 6.07) is 9.75. The zero-order valence-corrected chi connectivity index (χ0v) is 12.8. The molecule has 0 spiro atoms. The summed E-state index contributed by atoms with van der Waals surface area (Å²) in [6.07, 6.45) is 9.00. The van der Waals surface area contributed by atoms with Gasteiger partial charge >= 0.3 is 5.97 Å². The third-order valence-corrected chi connectivity index (χ3v) is 4.22. The van der Waals surface area contributed by atoms with Crippen LogP contribution in [0.3, 0.4) is 0 Å². The van der Waals surface area contributed by atoms with Gasteiger partial charge in [-0.3, -0.25) is 0 Å². The number of aromatic nitrogens is 1. The van der Waals surface area contributed by atoms with Gasteiger partial charge in [0.15, 0.2) is 0 Å². The molecule has 0 unspecified atom stereocenters. The Balaban J connectivity index is 1.66. The fourth-order valence-corrected chi connectivity index (χ4v) is 2.90. The Labute approximate surface area is 130 Å². The van der Waals surface area contributed by atoms with Gasteiger partial charge in [0, 0.05) is 11.8 Å². The Morgan fingerprint density at radius 3 is 2.45 bits per heavy atom. The fourth-order valence-electron chi connectivity index (χ4n) is 2.90. The van der Waals surface area contributed by atoms with Crippen LogP contribution in [0.15, 0.2) is 42.7 Å². The van der Waals surface area contributed by atoms with Crippen molar-refractivity contribution >= 4 is 5.97 Å². The predicted molar refractivity (Wildman–Crippen MR) is 84.6 cm³/mol. The summed E-state index contributed by atoms with van der Waals surface area (Å²) in [4.78, 5) is 17.6. The SMILES string of the molecule is COc1ccc(-c2ccn(OC(=O)C3CCCCC3)c2)cc1. The normalized spacial score (nSPS) is 15.5. The highest BCUT2D eigenvalue weighted by molar-refractivity contribution is 5.73. The van der Waals surface area contributed by atoms with Gasteiger partial charge in [-0.25, -0.2) is 4.79 Å². The van der Waals surface area contributed by atoms with Crippen molar-refractivity contribution < 1.29 is 14.4 Å². The van der Waals surface area contributed by atoms with Gasteiger partial charge in [-0.2, -0.15) is 4.73 Å². The molecule has 0 aliphatic heterocycles. The van der Waals surface area contributed by atoms with E-state index in [1.807, 2.05) is 36.5 Å². The molecule has 4 heteroatoms. The zero-order chi connectivity index (χ0) is 15.4. The lowest BCUT2D eigenvalue weighted by atomic mass is 9.89. The summed E-state index contributed by atoms with van der Waals surface area (Å²) in [5.74, 6) is 0.768. The lowest BCUT2D eigenvalue weighted by molar-refractivity contribution is -0.150. The summed E-state index contributed by atoms with van der Waals surface area (Å²) in [7, 11) is 1.65. The fraction of sp³-hybridized carbons (Fsp3) is 0.389. The average molecular weight is 299 g/mol. The number of hydrogen-bond donors (Lipinski definition) is 0. The number of ether oxygens (including phenoxy) is 1. The standard InChI is InChI=1S/C18H21NO3/c1-21-17-9-7-14(8-10-17)16-11-12-19(13-16)22-18(20)15-5-3-2-4-6-15/h7-13,15H,2-6H2,1H3. The third-order valence-electron chi connectivity index (χ3n) is 4.22. The quantitative estimate of drug-likeness (QED) is 0.864.